The number of allylic oxidation sites excluding steroid dienone is 1. The first-order valence-corrected chi connectivity index (χ1v) is 7.12. The van der Waals surface area contributed by atoms with Crippen LogP contribution in [0.4, 0.5) is 0 Å². The zero-order valence-corrected chi connectivity index (χ0v) is 12.3. The summed E-state index contributed by atoms with van der Waals surface area (Å²) >= 11 is 0. The lowest BCUT2D eigenvalue weighted by Crippen LogP contribution is -2.06. The standard InChI is InChI=1S/C18H17NO3/c1-13-2-5-15(6-3-13)16(20)8-9-19-11-14-4-7-17-18(10-14)22-12-21-17/h2-10,19H,11-12H2,1H3. The fraction of sp³-hybridized carbons (Fsp3) is 0.167. The summed E-state index contributed by atoms with van der Waals surface area (Å²) in [5.74, 6) is 1.52. The van der Waals surface area contributed by atoms with E-state index in [1.165, 1.54) is 6.08 Å². The second kappa shape index (κ2) is 6.35. The van der Waals surface area contributed by atoms with Gasteiger partial charge in [0, 0.05) is 24.4 Å². The molecule has 4 heteroatoms. The SMILES string of the molecule is Cc1ccc(C(=O)C=CNCc2ccc3c(c2)OCO3)cc1. The molecule has 0 unspecified atom stereocenters. The highest BCUT2D eigenvalue weighted by Crippen LogP contribution is 2.32. The van der Waals surface area contributed by atoms with E-state index < -0.39 is 0 Å². The lowest BCUT2D eigenvalue weighted by atomic mass is 10.1. The van der Waals surface area contributed by atoms with Crippen LogP contribution in [0.15, 0.2) is 54.7 Å². The Morgan fingerprint density at radius 3 is 2.73 bits per heavy atom. The fourth-order valence-electron chi connectivity index (χ4n) is 2.18. The van der Waals surface area contributed by atoms with E-state index in [0.717, 1.165) is 22.6 Å². The van der Waals surface area contributed by atoms with Crippen LogP contribution in [-0.2, 0) is 6.54 Å². The van der Waals surface area contributed by atoms with Crippen molar-refractivity contribution in [2.75, 3.05) is 6.79 Å². The summed E-state index contributed by atoms with van der Waals surface area (Å²) in [5.41, 5.74) is 2.89. The minimum absolute atomic E-state index is 0.0156. The van der Waals surface area contributed by atoms with Crippen LogP contribution >= 0.6 is 0 Å². The number of fused-ring (bicyclic) bond motifs is 1. The first kappa shape index (κ1) is 14.2. The Balaban J connectivity index is 1.54. The van der Waals surface area contributed by atoms with Crippen molar-refractivity contribution in [3.8, 4) is 11.5 Å². The number of carbonyl (C=O) groups is 1. The third kappa shape index (κ3) is 3.28. The first-order chi connectivity index (χ1) is 10.7. The molecular formula is C18H17NO3. The molecule has 0 saturated carbocycles. The number of nitrogens with one attached hydrogen (secondary N) is 1. The van der Waals surface area contributed by atoms with Gasteiger partial charge in [-0.2, -0.15) is 0 Å². The molecule has 0 atom stereocenters. The number of benzene rings is 2. The number of hydrogen-bond donors (Lipinski definition) is 1. The normalized spacial score (nSPS) is 12.6. The first-order valence-electron chi connectivity index (χ1n) is 7.12. The Bertz CT molecular complexity index is 705. The van der Waals surface area contributed by atoms with Gasteiger partial charge in [-0.1, -0.05) is 35.9 Å². The Labute approximate surface area is 129 Å². The van der Waals surface area contributed by atoms with Crippen LogP contribution in [0.3, 0.4) is 0 Å². The Morgan fingerprint density at radius 2 is 1.91 bits per heavy atom. The van der Waals surface area contributed by atoms with Gasteiger partial charge in [0.1, 0.15) is 0 Å². The molecule has 0 amide bonds. The van der Waals surface area contributed by atoms with Crippen molar-refractivity contribution in [3.05, 3.63) is 71.4 Å². The molecule has 3 rings (SSSR count). The number of carbonyl (C=O) groups excluding carboxylic acids is 1. The highest BCUT2D eigenvalue weighted by atomic mass is 16.7. The molecule has 22 heavy (non-hydrogen) atoms. The minimum atomic E-state index is -0.0156. The lowest BCUT2D eigenvalue weighted by molar-refractivity contribution is 0.104. The van der Waals surface area contributed by atoms with Crippen LogP contribution < -0.4 is 14.8 Å². The Kier molecular flexibility index (Phi) is 4.10. The molecule has 2 aromatic rings. The van der Waals surface area contributed by atoms with Crippen molar-refractivity contribution < 1.29 is 14.3 Å². The number of rotatable bonds is 5. The third-order valence-electron chi connectivity index (χ3n) is 3.43. The molecule has 4 nitrogen and oxygen atoms in total. The second-order valence-corrected chi connectivity index (χ2v) is 5.13. The van der Waals surface area contributed by atoms with Crippen LogP contribution in [0, 0.1) is 6.92 Å². The maximum atomic E-state index is 12.0. The van der Waals surface area contributed by atoms with Gasteiger partial charge >= 0.3 is 0 Å². The molecular weight excluding hydrogens is 278 g/mol. The van der Waals surface area contributed by atoms with Crippen LogP contribution in [0.1, 0.15) is 21.5 Å². The smallest absolute Gasteiger partial charge is 0.231 e. The summed E-state index contributed by atoms with van der Waals surface area (Å²) in [7, 11) is 0. The Hall–Kier alpha value is -2.75. The highest BCUT2D eigenvalue weighted by molar-refractivity contribution is 6.04. The summed E-state index contributed by atoms with van der Waals surface area (Å²) in [6, 6.07) is 13.3. The Morgan fingerprint density at radius 1 is 1.14 bits per heavy atom. The van der Waals surface area contributed by atoms with E-state index in [-0.39, 0.29) is 12.6 Å². The van der Waals surface area contributed by atoms with E-state index in [4.69, 9.17) is 9.47 Å². The van der Waals surface area contributed by atoms with Gasteiger partial charge in [-0.05, 0) is 24.6 Å². The number of ether oxygens (including phenoxy) is 2. The molecule has 0 fully saturated rings. The van der Waals surface area contributed by atoms with E-state index in [1.807, 2.05) is 49.4 Å². The van der Waals surface area contributed by atoms with Gasteiger partial charge in [-0.15, -0.1) is 0 Å². The summed E-state index contributed by atoms with van der Waals surface area (Å²) in [6.45, 7) is 2.89. The second-order valence-electron chi connectivity index (χ2n) is 5.13. The summed E-state index contributed by atoms with van der Waals surface area (Å²) < 4.78 is 10.6. The number of hydrogen-bond acceptors (Lipinski definition) is 4. The molecule has 1 aliphatic heterocycles. The number of aryl methyl sites for hydroxylation is 1. The van der Waals surface area contributed by atoms with Crippen molar-refractivity contribution in [2.24, 2.45) is 0 Å². The topological polar surface area (TPSA) is 47.6 Å². The van der Waals surface area contributed by atoms with E-state index >= 15 is 0 Å². The van der Waals surface area contributed by atoms with Crippen molar-refractivity contribution in [1.29, 1.82) is 0 Å². The van der Waals surface area contributed by atoms with Crippen LogP contribution in [0.2, 0.25) is 0 Å². The maximum Gasteiger partial charge on any atom is 0.231 e. The largest absolute Gasteiger partial charge is 0.454 e. The predicted molar refractivity (Wildman–Crippen MR) is 84.1 cm³/mol. The number of ketones is 1. The molecule has 0 bridgehead atoms. The monoisotopic (exact) mass is 295 g/mol. The summed E-state index contributed by atoms with van der Waals surface area (Å²) in [6.07, 6.45) is 3.21. The molecule has 1 N–H and O–H groups in total. The molecule has 1 heterocycles. The van der Waals surface area contributed by atoms with Crippen molar-refractivity contribution >= 4 is 5.78 Å². The molecule has 0 aromatic heterocycles. The zero-order valence-electron chi connectivity index (χ0n) is 12.3. The summed E-state index contributed by atoms with van der Waals surface area (Å²) in [5, 5.41) is 3.11. The third-order valence-corrected chi connectivity index (χ3v) is 3.43. The molecule has 0 saturated heterocycles. The van der Waals surface area contributed by atoms with Gasteiger partial charge in [0.05, 0.1) is 0 Å². The van der Waals surface area contributed by atoms with Gasteiger partial charge in [0.15, 0.2) is 17.3 Å². The maximum absolute atomic E-state index is 12.0. The van der Waals surface area contributed by atoms with Gasteiger partial charge in [-0.25, -0.2) is 0 Å². The van der Waals surface area contributed by atoms with E-state index in [1.54, 1.807) is 6.20 Å². The van der Waals surface area contributed by atoms with Crippen LogP contribution in [0.5, 0.6) is 11.5 Å². The molecule has 112 valence electrons. The van der Waals surface area contributed by atoms with Crippen molar-refractivity contribution in [2.45, 2.75) is 13.5 Å². The van der Waals surface area contributed by atoms with Crippen molar-refractivity contribution in [1.82, 2.24) is 5.32 Å². The van der Waals surface area contributed by atoms with Crippen LogP contribution in [-0.4, -0.2) is 12.6 Å². The van der Waals surface area contributed by atoms with Gasteiger partial charge in [-0.3, -0.25) is 4.79 Å². The average molecular weight is 295 g/mol. The lowest BCUT2D eigenvalue weighted by Gasteiger charge is -2.03. The molecule has 0 aliphatic carbocycles. The van der Waals surface area contributed by atoms with E-state index in [0.29, 0.717) is 12.1 Å². The van der Waals surface area contributed by atoms with Crippen LogP contribution in [0.25, 0.3) is 0 Å². The molecule has 2 aromatic carbocycles. The fourth-order valence-corrected chi connectivity index (χ4v) is 2.18. The molecule has 0 radical (unpaired) electrons. The molecule has 0 spiro atoms. The van der Waals surface area contributed by atoms with Gasteiger partial charge in [0.25, 0.3) is 0 Å². The van der Waals surface area contributed by atoms with E-state index in [2.05, 4.69) is 5.32 Å². The van der Waals surface area contributed by atoms with Gasteiger partial charge in [0.2, 0.25) is 6.79 Å². The van der Waals surface area contributed by atoms with E-state index in [9.17, 15) is 4.79 Å². The highest BCUT2D eigenvalue weighted by Gasteiger charge is 2.12. The predicted octanol–water partition coefficient (Wildman–Crippen LogP) is 3.21. The van der Waals surface area contributed by atoms with Crippen molar-refractivity contribution in [3.63, 3.8) is 0 Å². The minimum Gasteiger partial charge on any atom is -0.454 e. The van der Waals surface area contributed by atoms with Gasteiger partial charge < -0.3 is 14.8 Å². The zero-order chi connectivity index (χ0) is 15.4. The average Bonchev–Trinajstić information content (AvgIpc) is 2.99. The molecule has 1 aliphatic rings. The quantitative estimate of drug-likeness (QED) is 0.679. The summed E-state index contributed by atoms with van der Waals surface area (Å²) in [4.78, 5) is 12.0.